The van der Waals surface area contributed by atoms with E-state index in [0.29, 0.717) is 0 Å². The number of benzene rings is 1. The van der Waals surface area contributed by atoms with Crippen LogP contribution in [0.1, 0.15) is 24.8 Å². The van der Waals surface area contributed by atoms with Gasteiger partial charge in [-0.1, -0.05) is 12.1 Å². The van der Waals surface area contributed by atoms with Gasteiger partial charge in [0.2, 0.25) is 0 Å². The van der Waals surface area contributed by atoms with Crippen LogP contribution < -0.4 is 0 Å². The summed E-state index contributed by atoms with van der Waals surface area (Å²) in [6, 6.07) is 6.90. The van der Waals surface area contributed by atoms with Gasteiger partial charge >= 0.3 is 0 Å². The van der Waals surface area contributed by atoms with Crippen LogP contribution in [0.2, 0.25) is 0 Å². The van der Waals surface area contributed by atoms with Crippen LogP contribution >= 0.6 is 11.6 Å². The minimum atomic E-state index is -0.146. The van der Waals surface area contributed by atoms with Gasteiger partial charge in [-0.3, -0.25) is 0 Å². The molecular weight excluding hydrogens is 247 g/mol. The molecule has 0 amide bonds. The Balaban J connectivity index is 1.45. The van der Waals surface area contributed by atoms with Crippen molar-refractivity contribution < 1.29 is 4.39 Å². The van der Waals surface area contributed by atoms with Crippen LogP contribution in [-0.2, 0) is 6.42 Å². The molecule has 0 nitrogen and oxygen atoms in total. The summed E-state index contributed by atoms with van der Waals surface area (Å²) in [5.41, 5.74) is 1.05. The highest BCUT2D eigenvalue weighted by Gasteiger charge is 2.66. The summed E-state index contributed by atoms with van der Waals surface area (Å²) in [5.74, 6) is 4.35. The van der Waals surface area contributed by atoms with E-state index in [4.69, 9.17) is 11.6 Å². The zero-order valence-corrected chi connectivity index (χ0v) is 11.1. The summed E-state index contributed by atoms with van der Waals surface area (Å²) < 4.78 is 13.2. The minimum Gasteiger partial charge on any atom is -0.207 e. The number of halogens is 2. The van der Waals surface area contributed by atoms with Gasteiger partial charge in [-0.2, -0.15) is 0 Å². The van der Waals surface area contributed by atoms with E-state index in [0.717, 1.165) is 41.6 Å². The van der Waals surface area contributed by atoms with Crippen LogP contribution in [0.25, 0.3) is 0 Å². The molecule has 96 valence electrons. The first kappa shape index (κ1) is 11.3. The van der Waals surface area contributed by atoms with Crippen molar-refractivity contribution in [2.45, 2.75) is 31.1 Å². The first-order valence-corrected chi connectivity index (χ1v) is 7.56. The molecule has 0 saturated heterocycles. The molecule has 2 bridgehead atoms. The van der Waals surface area contributed by atoms with Crippen molar-refractivity contribution in [1.29, 1.82) is 0 Å². The van der Waals surface area contributed by atoms with E-state index in [2.05, 4.69) is 0 Å². The molecule has 3 saturated carbocycles. The fourth-order valence-electron chi connectivity index (χ4n) is 4.90. The SMILES string of the molecule is Fc1cccc(CC(Cl)C2C3C4CCC(C4)C23)c1. The lowest BCUT2D eigenvalue weighted by atomic mass is 9.97. The fourth-order valence-corrected chi connectivity index (χ4v) is 5.42. The van der Waals surface area contributed by atoms with Gasteiger partial charge in [0.05, 0.1) is 0 Å². The summed E-state index contributed by atoms with van der Waals surface area (Å²) in [5, 5.41) is 0.213. The average Bonchev–Trinajstić information content (AvgIpc) is 2.79. The molecule has 0 aromatic heterocycles. The van der Waals surface area contributed by atoms with Crippen LogP contribution in [0.3, 0.4) is 0 Å². The summed E-state index contributed by atoms with van der Waals surface area (Å²) >= 11 is 6.60. The average molecular weight is 265 g/mol. The number of fused-ring (bicyclic) bond motifs is 5. The third-order valence-electron chi connectivity index (χ3n) is 5.53. The molecular formula is C16H18ClF. The molecule has 4 rings (SSSR count). The second-order valence-corrected chi connectivity index (χ2v) is 6.98. The van der Waals surface area contributed by atoms with E-state index >= 15 is 0 Å². The van der Waals surface area contributed by atoms with Gasteiger partial charge in [0.15, 0.2) is 0 Å². The minimum absolute atomic E-state index is 0.146. The highest BCUT2D eigenvalue weighted by molar-refractivity contribution is 6.21. The first-order valence-electron chi connectivity index (χ1n) is 7.12. The Morgan fingerprint density at radius 3 is 2.61 bits per heavy atom. The summed E-state index contributed by atoms with van der Waals surface area (Å²) in [4.78, 5) is 0. The highest BCUT2D eigenvalue weighted by atomic mass is 35.5. The van der Waals surface area contributed by atoms with Crippen molar-refractivity contribution in [3.05, 3.63) is 35.6 Å². The van der Waals surface area contributed by atoms with E-state index in [-0.39, 0.29) is 11.2 Å². The Morgan fingerprint density at radius 2 is 1.94 bits per heavy atom. The van der Waals surface area contributed by atoms with Crippen LogP contribution in [0.4, 0.5) is 4.39 Å². The van der Waals surface area contributed by atoms with Gasteiger partial charge in [-0.05, 0) is 73.0 Å². The molecule has 5 atom stereocenters. The Morgan fingerprint density at radius 1 is 1.22 bits per heavy atom. The van der Waals surface area contributed by atoms with E-state index < -0.39 is 0 Å². The quantitative estimate of drug-likeness (QED) is 0.716. The molecule has 0 N–H and O–H groups in total. The Hall–Kier alpha value is -0.560. The lowest BCUT2D eigenvalue weighted by molar-refractivity contribution is 0.449. The Labute approximate surface area is 113 Å². The molecule has 3 aliphatic carbocycles. The molecule has 1 aromatic rings. The zero-order valence-electron chi connectivity index (χ0n) is 10.4. The summed E-state index contributed by atoms with van der Waals surface area (Å²) in [7, 11) is 0. The van der Waals surface area contributed by atoms with Crippen LogP contribution in [0, 0.1) is 35.4 Å². The normalized spacial score (nSPS) is 41.8. The van der Waals surface area contributed by atoms with Crippen molar-refractivity contribution in [3.63, 3.8) is 0 Å². The second-order valence-electron chi connectivity index (χ2n) is 6.42. The van der Waals surface area contributed by atoms with Crippen molar-refractivity contribution in [3.8, 4) is 0 Å². The molecule has 18 heavy (non-hydrogen) atoms. The maximum atomic E-state index is 13.2. The van der Waals surface area contributed by atoms with E-state index in [1.165, 1.54) is 25.3 Å². The number of hydrogen-bond acceptors (Lipinski definition) is 0. The number of hydrogen-bond donors (Lipinski definition) is 0. The zero-order chi connectivity index (χ0) is 12.3. The third kappa shape index (κ3) is 1.63. The molecule has 0 aliphatic heterocycles. The maximum Gasteiger partial charge on any atom is 0.123 e. The predicted octanol–water partition coefficient (Wildman–Crippen LogP) is 4.27. The van der Waals surface area contributed by atoms with E-state index in [9.17, 15) is 4.39 Å². The van der Waals surface area contributed by atoms with Crippen molar-refractivity contribution in [1.82, 2.24) is 0 Å². The number of rotatable bonds is 3. The molecule has 0 heterocycles. The van der Waals surface area contributed by atoms with Crippen molar-refractivity contribution in [2.75, 3.05) is 0 Å². The van der Waals surface area contributed by atoms with Gasteiger partial charge in [-0.25, -0.2) is 4.39 Å². The van der Waals surface area contributed by atoms with Crippen LogP contribution in [-0.4, -0.2) is 5.38 Å². The first-order chi connectivity index (χ1) is 8.74. The Bertz CT molecular complexity index is 456. The van der Waals surface area contributed by atoms with Gasteiger partial charge in [0.25, 0.3) is 0 Å². The fraction of sp³-hybridized carbons (Fsp3) is 0.625. The molecule has 0 spiro atoms. The molecule has 1 aromatic carbocycles. The van der Waals surface area contributed by atoms with Gasteiger partial charge in [-0.15, -0.1) is 11.6 Å². The monoisotopic (exact) mass is 264 g/mol. The molecule has 3 fully saturated rings. The lowest BCUT2D eigenvalue weighted by Crippen LogP contribution is -2.13. The topological polar surface area (TPSA) is 0 Å². The van der Waals surface area contributed by atoms with Gasteiger partial charge in [0.1, 0.15) is 5.82 Å². The Kier molecular flexibility index (Phi) is 2.49. The molecule has 2 heteroatoms. The standard InChI is InChI=1S/C16H18ClF/c17-13(7-9-2-1-3-12(18)6-9)16-14-10-4-5-11(8-10)15(14)16/h1-3,6,10-11,13-16H,4-5,7-8H2. The van der Waals surface area contributed by atoms with Crippen molar-refractivity contribution in [2.24, 2.45) is 29.6 Å². The second kappa shape index (κ2) is 3.96. The highest BCUT2D eigenvalue weighted by Crippen LogP contribution is 2.71. The predicted molar refractivity (Wildman–Crippen MR) is 71.0 cm³/mol. The molecule has 0 radical (unpaired) electrons. The van der Waals surface area contributed by atoms with E-state index in [1.807, 2.05) is 6.07 Å². The lowest BCUT2D eigenvalue weighted by Gasteiger charge is -2.14. The largest absolute Gasteiger partial charge is 0.207 e. The third-order valence-corrected chi connectivity index (χ3v) is 5.98. The van der Waals surface area contributed by atoms with Crippen molar-refractivity contribution >= 4 is 11.6 Å². The van der Waals surface area contributed by atoms with E-state index in [1.54, 1.807) is 12.1 Å². The van der Waals surface area contributed by atoms with Gasteiger partial charge in [0, 0.05) is 5.38 Å². The maximum absolute atomic E-state index is 13.2. The van der Waals surface area contributed by atoms with Crippen LogP contribution in [0.15, 0.2) is 24.3 Å². The van der Waals surface area contributed by atoms with Crippen LogP contribution in [0.5, 0.6) is 0 Å². The molecule has 5 unspecified atom stereocenters. The molecule has 3 aliphatic rings. The summed E-state index contributed by atoms with van der Waals surface area (Å²) in [6.45, 7) is 0. The summed E-state index contributed by atoms with van der Waals surface area (Å²) in [6.07, 6.45) is 5.17. The smallest absolute Gasteiger partial charge is 0.123 e. The van der Waals surface area contributed by atoms with Gasteiger partial charge < -0.3 is 0 Å². The number of alkyl halides is 1.